The highest BCUT2D eigenvalue weighted by molar-refractivity contribution is 7.89. The molecule has 0 saturated heterocycles. The minimum absolute atomic E-state index is 0.0257. The lowest BCUT2D eigenvalue weighted by molar-refractivity contribution is -0.141. The zero-order valence-electron chi connectivity index (χ0n) is 49.4. The first-order chi connectivity index (χ1) is 36.4. The number of sulfonamides is 1. The molecular formula is C60H89N7O11S. The van der Waals surface area contributed by atoms with E-state index >= 15 is 0 Å². The summed E-state index contributed by atoms with van der Waals surface area (Å²) in [4.78, 5) is 98.4. The average Bonchev–Trinajstić information content (AvgIpc) is 3.33. The number of carbonyl (C=O) groups excluding carboxylic acids is 7. The third kappa shape index (κ3) is 21.9. The molecule has 0 spiro atoms. The van der Waals surface area contributed by atoms with Gasteiger partial charge in [0.15, 0.2) is 5.78 Å². The van der Waals surface area contributed by atoms with Gasteiger partial charge in [0.1, 0.15) is 23.3 Å². The van der Waals surface area contributed by atoms with Crippen LogP contribution >= 0.6 is 0 Å². The maximum Gasteiger partial charge on any atom is 0.410 e. The van der Waals surface area contributed by atoms with Crippen LogP contribution < -0.4 is 26.4 Å². The smallest absolute Gasteiger partial charge is 0.410 e. The van der Waals surface area contributed by atoms with Crippen LogP contribution in [0, 0.1) is 11.3 Å². The monoisotopic (exact) mass is 1120 g/mol. The van der Waals surface area contributed by atoms with Crippen molar-refractivity contribution in [1.82, 2.24) is 30.5 Å². The Morgan fingerprint density at radius 2 is 1.23 bits per heavy atom. The Morgan fingerprint density at radius 1 is 0.684 bits per heavy atom. The molecule has 0 aliphatic heterocycles. The number of hydrogen-bond donors (Lipinski definition) is 5. The molecule has 0 heterocycles. The van der Waals surface area contributed by atoms with Gasteiger partial charge in [0.25, 0.3) is 5.91 Å². The summed E-state index contributed by atoms with van der Waals surface area (Å²) in [7, 11) is -1.22. The summed E-state index contributed by atoms with van der Waals surface area (Å²) in [6.45, 7) is 25.0. The highest BCUT2D eigenvalue weighted by Gasteiger charge is 2.46. The summed E-state index contributed by atoms with van der Waals surface area (Å²) < 4.78 is 40.1. The van der Waals surface area contributed by atoms with Crippen molar-refractivity contribution < 1.29 is 51.5 Å². The van der Waals surface area contributed by atoms with Crippen LogP contribution in [0.5, 0.6) is 0 Å². The van der Waals surface area contributed by atoms with Crippen molar-refractivity contribution in [1.29, 1.82) is 0 Å². The molecule has 0 bridgehead atoms. The fourth-order valence-corrected chi connectivity index (χ4v) is 9.99. The van der Waals surface area contributed by atoms with Crippen LogP contribution in [-0.4, -0.2) is 122 Å². The zero-order valence-corrected chi connectivity index (χ0v) is 50.3. The van der Waals surface area contributed by atoms with Gasteiger partial charge in [0.05, 0.1) is 23.9 Å². The molecule has 0 aliphatic rings. The molecule has 6 amide bonds. The lowest BCUT2D eigenvalue weighted by Gasteiger charge is -2.42. The number of rotatable bonds is 25. The van der Waals surface area contributed by atoms with E-state index < -0.39 is 104 Å². The molecule has 436 valence electrons. The number of nitrogens with zero attached hydrogens (tertiary/aromatic N) is 2. The molecule has 0 unspecified atom stereocenters. The Morgan fingerprint density at radius 3 is 1.76 bits per heavy atom. The van der Waals surface area contributed by atoms with E-state index in [1.54, 1.807) is 93.6 Å². The molecule has 0 aromatic heterocycles. The molecule has 0 aliphatic carbocycles. The average molecular weight is 1120 g/mol. The van der Waals surface area contributed by atoms with E-state index in [1.807, 2.05) is 88.4 Å². The quantitative estimate of drug-likeness (QED) is 0.0405. The van der Waals surface area contributed by atoms with E-state index in [0.717, 1.165) is 11.1 Å². The van der Waals surface area contributed by atoms with Crippen molar-refractivity contribution in [2.45, 2.75) is 182 Å². The van der Waals surface area contributed by atoms with Crippen LogP contribution in [0.3, 0.4) is 0 Å². The van der Waals surface area contributed by atoms with Crippen molar-refractivity contribution in [2.24, 2.45) is 17.1 Å². The van der Waals surface area contributed by atoms with Crippen LogP contribution in [0.2, 0.25) is 0 Å². The number of likely N-dealkylation sites (N-methyl/N-ethyl adjacent to an activating group) is 2. The van der Waals surface area contributed by atoms with Gasteiger partial charge in [-0.1, -0.05) is 139 Å². The van der Waals surface area contributed by atoms with Gasteiger partial charge in [-0.3, -0.25) is 28.9 Å². The van der Waals surface area contributed by atoms with Gasteiger partial charge in [0.2, 0.25) is 27.7 Å². The number of unbranched alkanes of at least 4 members (excludes halogenated alkanes) is 1. The summed E-state index contributed by atoms with van der Waals surface area (Å²) in [5.41, 5.74) is 5.49. The van der Waals surface area contributed by atoms with Crippen molar-refractivity contribution in [3.8, 4) is 0 Å². The largest absolute Gasteiger partial charge is 0.444 e. The van der Waals surface area contributed by atoms with Crippen molar-refractivity contribution in [3.05, 3.63) is 119 Å². The Hall–Kier alpha value is -6.60. The molecule has 5 atom stereocenters. The Kier molecular flexibility index (Phi) is 24.1. The fraction of sp³-hybridized carbons (Fsp3) is 0.550. The van der Waals surface area contributed by atoms with Crippen LogP contribution in [0.15, 0.2) is 96.6 Å². The van der Waals surface area contributed by atoms with E-state index in [2.05, 4.69) is 20.7 Å². The summed E-state index contributed by atoms with van der Waals surface area (Å²) in [6.07, 6.45) is 1.68. The van der Waals surface area contributed by atoms with Crippen LogP contribution in [0.1, 0.15) is 138 Å². The fourth-order valence-electron chi connectivity index (χ4n) is 8.84. The predicted molar refractivity (Wildman–Crippen MR) is 308 cm³/mol. The molecule has 3 rings (SSSR count). The first kappa shape index (κ1) is 66.7. The first-order valence-electron chi connectivity index (χ1n) is 26.9. The number of ether oxygens (including phenoxy) is 2. The number of amides is 6. The maximum absolute atomic E-state index is 14.7. The number of nitrogens with two attached hydrogens (primary N) is 1. The molecule has 79 heavy (non-hydrogen) atoms. The summed E-state index contributed by atoms with van der Waals surface area (Å²) >= 11 is 0. The molecule has 18 nitrogen and oxygen atoms in total. The Labute approximate surface area is 469 Å². The molecule has 3 aromatic rings. The number of carbonyl (C=O) groups is 7. The first-order valence-corrected chi connectivity index (χ1v) is 28.6. The Balaban J connectivity index is 1.76. The molecule has 0 fully saturated rings. The maximum atomic E-state index is 14.7. The Bertz CT molecular complexity index is 2690. The number of nitrogens with one attached hydrogen (secondary N) is 4. The predicted octanol–water partition coefficient (Wildman–Crippen LogP) is 7.67. The van der Waals surface area contributed by atoms with Gasteiger partial charge < -0.3 is 36.1 Å². The van der Waals surface area contributed by atoms with E-state index in [4.69, 9.17) is 15.2 Å². The topological polar surface area (TPSA) is 253 Å². The molecule has 6 N–H and O–H groups in total. The molecular weight excluding hydrogens is 1030 g/mol. The van der Waals surface area contributed by atoms with Crippen LogP contribution in [-0.2, 0) is 67.5 Å². The van der Waals surface area contributed by atoms with Gasteiger partial charge >= 0.3 is 12.2 Å². The van der Waals surface area contributed by atoms with Gasteiger partial charge in [-0.2, -0.15) is 0 Å². The number of benzene rings is 3. The van der Waals surface area contributed by atoms with Crippen LogP contribution in [0.25, 0.3) is 0 Å². The molecule has 0 saturated carbocycles. The minimum atomic E-state index is -4.27. The number of Topliss-reactive ketones (excluding diaryl/α,β-unsaturated/α-hetero) is 1. The summed E-state index contributed by atoms with van der Waals surface area (Å²) in [6, 6.07) is 20.0. The molecule has 0 radical (unpaired) electrons. The minimum Gasteiger partial charge on any atom is -0.444 e. The second-order valence-electron chi connectivity index (χ2n) is 24.4. The van der Waals surface area contributed by atoms with E-state index in [9.17, 15) is 42.0 Å². The van der Waals surface area contributed by atoms with Gasteiger partial charge in [0, 0.05) is 38.0 Å². The van der Waals surface area contributed by atoms with E-state index in [-0.39, 0.29) is 36.5 Å². The number of ketones is 1. The van der Waals surface area contributed by atoms with E-state index in [1.165, 1.54) is 29.8 Å². The standard InChI is InChI=1S/C60H89N7O11S/c1-39(2)47(66(15)54(72)49(57(4,5)6)64-53(71)50(67(16)56(74)78-59(10,11)12)60(13,14)44-27-21-18-22-28-44)35-40(3)51(69)65-79(75,76)38-43-32-30-42(31-33-43)37-48(68)46(29-23-24-34-62-55(73)77-58(7,8)9)63-52(70)45(61)36-41-25-19-17-20-26-41/h17-22,25-28,30-33,35,39,45-47,49-50H,23-24,29,34,36-38,61H2,1-16H3,(H,62,73)(H,63,70)(H,64,71)(H,65,69)/b40-35+/t45-,46-,47+,49+,50+/m0/s1. The summed E-state index contributed by atoms with van der Waals surface area (Å²) in [5, 5.41) is 8.51. The third-order valence-corrected chi connectivity index (χ3v) is 14.3. The van der Waals surface area contributed by atoms with Crippen molar-refractivity contribution in [2.75, 3.05) is 20.6 Å². The third-order valence-electron chi connectivity index (χ3n) is 13.1. The summed E-state index contributed by atoms with van der Waals surface area (Å²) in [5.74, 6) is -3.60. The highest BCUT2D eigenvalue weighted by Crippen LogP contribution is 2.33. The van der Waals surface area contributed by atoms with Gasteiger partial charge in [-0.25, -0.2) is 22.7 Å². The van der Waals surface area contributed by atoms with Crippen molar-refractivity contribution in [3.63, 3.8) is 0 Å². The van der Waals surface area contributed by atoms with Gasteiger partial charge in [-0.15, -0.1) is 0 Å². The lowest BCUT2D eigenvalue weighted by Crippen LogP contribution is -2.63. The number of hydrogen-bond acceptors (Lipinski definition) is 12. The highest BCUT2D eigenvalue weighted by atomic mass is 32.2. The molecule has 19 heteroatoms. The van der Waals surface area contributed by atoms with Crippen molar-refractivity contribution >= 4 is 51.6 Å². The molecule has 3 aromatic carbocycles. The second-order valence-corrected chi connectivity index (χ2v) is 26.1. The lowest BCUT2D eigenvalue weighted by atomic mass is 9.76. The SMILES string of the molecule is C/C(=C\[C@H](C(C)C)N(C)C(=O)[C@@H](NC(=O)[C@@H](N(C)C(=O)OC(C)(C)C)C(C)(C)c1ccccc1)C(C)(C)C)C(=O)NS(=O)(=O)Cc1ccc(CC(=O)[C@H](CCCCNC(=O)OC(C)(C)C)NC(=O)[C@@H](N)Cc2ccccc2)cc1. The van der Waals surface area contributed by atoms with Crippen LogP contribution in [0.4, 0.5) is 9.59 Å². The normalized spacial score (nSPS) is 14.4. The van der Waals surface area contributed by atoms with Gasteiger partial charge in [-0.05, 0) is 108 Å². The second kappa shape index (κ2) is 28.5. The zero-order chi connectivity index (χ0) is 59.8. The number of alkyl carbamates (subject to hydrolysis) is 1. The van der Waals surface area contributed by atoms with E-state index in [0.29, 0.717) is 30.5 Å².